The quantitative estimate of drug-likeness (QED) is 0.617. The zero-order chi connectivity index (χ0) is 24.8. The highest BCUT2D eigenvalue weighted by atomic mass is 35.5. The number of benzene rings is 1. The van der Waals surface area contributed by atoms with Gasteiger partial charge in [-0.25, -0.2) is 9.18 Å². The van der Waals surface area contributed by atoms with Crippen molar-refractivity contribution in [2.75, 3.05) is 33.3 Å². The van der Waals surface area contributed by atoms with Crippen LogP contribution in [0, 0.1) is 5.82 Å². The van der Waals surface area contributed by atoms with Gasteiger partial charge in [0.15, 0.2) is 0 Å². The van der Waals surface area contributed by atoms with Gasteiger partial charge >= 0.3 is 6.09 Å². The maximum Gasteiger partial charge on any atom is 0.409 e. The van der Waals surface area contributed by atoms with Crippen LogP contribution in [0.25, 0.3) is 11.1 Å². The molecule has 2 aromatic rings. The van der Waals surface area contributed by atoms with Crippen LogP contribution in [0.1, 0.15) is 48.8 Å². The Morgan fingerprint density at radius 1 is 1.26 bits per heavy atom. The van der Waals surface area contributed by atoms with E-state index in [1.807, 2.05) is 6.92 Å². The van der Waals surface area contributed by atoms with Gasteiger partial charge in [0.25, 0.3) is 5.91 Å². The summed E-state index contributed by atoms with van der Waals surface area (Å²) in [6, 6.07) is 5.22. The van der Waals surface area contributed by atoms with Gasteiger partial charge in [-0.05, 0) is 36.2 Å². The number of amides is 3. The zero-order valence-corrected chi connectivity index (χ0v) is 20.2. The molecule has 0 spiro atoms. The fraction of sp³-hybridized carbons (Fsp3) is 0.417. The number of piperazine rings is 1. The Balaban J connectivity index is 1.99. The van der Waals surface area contributed by atoms with E-state index in [9.17, 15) is 14.4 Å². The molecule has 3 rings (SSSR count). The minimum Gasteiger partial charge on any atom is -0.449 e. The van der Waals surface area contributed by atoms with Gasteiger partial charge in [0, 0.05) is 56.0 Å². The summed E-state index contributed by atoms with van der Waals surface area (Å²) in [6.45, 7) is 4.30. The first-order valence-electron chi connectivity index (χ1n) is 11.1. The summed E-state index contributed by atoms with van der Waals surface area (Å²) in [6.07, 6.45) is 2.56. The number of carbonyl (C=O) groups excluding carboxylic acids is 3. The van der Waals surface area contributed by atoms with Crippen molar-refractivity contribution < 1.29 is 23.5 Å². The Bertz CT molecular complexity index is 1080. The van der Waals surface area contributed by atoms with Crippen molar-refractivity contribution in [2.24, 2.45) is 0 Å². The fourth-order valence-electron chi connectivity index (χ4n) is 3.90. The molecule has 34 heavy (non-hydrogen) atoms. The maximum atomic E-state index is 15.9. The van der Waals surface area contributed by atoms with Crippen LogP contribution in [0.2, 0.25) is 5.02 Å². The molecule has 1 unspecified atom stereocenters. The molecular formula is C24H28ClFN4O4. The second-order valence-electron chi connectivity index (χ2n) is 8.01. The molecule has 1 aliphatic heterocycles. The van der Waals surface area contributed by atoms with Crippen LogP contribution in [0.3, 0.4) is 0 Å². The fourth-order valence-corrected chi connectivity index (χ4v) is 4.13. The molecule has 1 saturated heterocycles. The Morgan fingerprint density at radius 2 is 2.03 bits per heavy atom. The van der Waals surface area contributed by atoms with Gasteiger partial charge in [-0.15, -0.1) is 0 Å². The molecule has 0 bridgehead atoms. The molecule has 8 nitrogen and oxygen atoms in total. The first-order chi connectivity index (χ1) is 16.3. The monoisotopic (exact) mass is 490 g/mol. The van der Waals surface area contributed by atoms with E-state index in [0.29, 0.717) is 12.2 Å². The second-order valence-corrected chi connectivity index (χ2v) is 8.44. The van der Waals surface area contributed by atoms with Crippen molar-refractivity contribution in [3.8, 4) is 11.1 Å². The number of nitrogens with one attached hydrogen (secondary N) is 1. The van der Waals surface area contributed by atoms with Crippen molar-refractivity contribution in [3.05, 3.63) is 52.6 Å². The molecule has 1 aliphatic rings. The highest BCUT2D eigenvalue weighted by molar-refractivity contribution is 6.31. The lowest BCUT2D eigenvalue weighted by Crippen LogP contribution is -2.52. The number of pyridine rings is 1. The van der Waals surface area contributed by atoms with E-state index >= 15 is 4.39 Å². The summed E-state index contributed by atoms with van der Waals surface area (Å²) in [5, 5.41) is 2.75. The number of carbonyl (C=O) groups is 3. The van der Waals surface area contributed by atoms with Crippen molar-refractivity contribution in [1.29, 1.82) is 0 Å². The highest BCUT2D eigenvalue weighted by Gasteiger charge is 2.35. The lowest BCUT2D eigenvalue weighted by molar-refractivity contribution is -0.133. The highest BCUT2D eigenvalue weighted by Crippen LogP contribution is 2.35. The third kappa shape index (κ3) is 5.64. The Kier molecular flexibility index (Phi) is 8.44. The summed E-state index contributed by atoms with van der Waals surface area (Å²) >= 11 is 6.36. The smallest absolute Gasteiger partial charge is 0.409 e. The number of halogens is 2. The molecule has 0 aliphatic carbocycles. The van der Waals surface area contributed by atoms with Crippen LogP contribution < -0.4 is 5.32 Å². The predicted molar refractivity (Wildman–Crippen MR) is 126 cm³/mol. The van der Waals surface area contributed by atoms with E-state index < -0.39 is 23.9 Å². The molecule has 1 N–H and O–H groups in total. The number of rotatable bonds is 6. The van der Waals surface area contributed by atoms with E-state index in [2.05, 4.69) is 10.3 Å². The molecule has 0 saturated carbocycles. The van der Waals surface area contributed by atoms with E-state index in [1.165, 1.54) is 48.2 Å². The lowest BCUT2D eigenvalue weighted by Gasteiger charge is -2.41. The van der Waals surface area contributed by atoms with Gasteiger partial charge < -0.3 is 19.9 Å². The number of unbranched alkanes of at least 4 members (excludes halogenated alkanes) is 1. The molecule has 1 aromatic heterocycles. The van der Waals surface area contributed by atoms with Crippen LogP contribution in [-0.4, -0.2) is 66.0 Å². The number of hydrogen-bond acceptors (Lipinski definition) is 5. The maximum absolute atomic E-state index is 15.9. The van der Waals surface area contributed by atoms with Crippen LogP contribution in [0.15, 0.2) is 30.5 Å². The van der Waals surface area contributed by atoms with Gasteiger partial charge in [-0.3, -0.25) is 14.6 Å². The second kappa shape index (κ2) is 11.3. The summed E-state index contributed by atoms with van der Waals surface area (Å²) in [5.74, 6) is -1.23. The minimum atomic E-state index is -0.748. The molecule has 1 fully saturated rings. The molecule has 3 amide bonds. The largest absolute Gasteiger partial charge is 0.449 e. The van der Waals surface area contributed by atoms with Crippen molar-refractivity contribution in [2.45, 2.75) is 32.7 Å². The average molecular weight is 491 g/mol. The van der Waals surface area contributed by atoms with Crippen molar-refractivity contribution in [3.63, 3.8) is 0 Å². The van der Waals surface area contributed by atoms with Crippen LogP contribution in [0.4, 0.5) is 9.18 Å². The predicted octanol–water partition coefficient (Wildman–Crippen LogP) is 4.04. The Morgan fingerprint density at radius 3 is 2.71 bits per heavy atom. The molecule has 2 heterocycles. The number of aromatic nitrogens is 1. The first-order valence-corrected chi connectivity index (χ1v) is 11.5. The number of nitrogens with zero attached hydrogens (tertiary/aromatic N) is 3. The third-order valence-corrected chi connectivity index (χ3v) is 5.94. The van der Waals surface area contributed by atoms with Gasteiger partial charge in [0.1, 0.15) is 11.5 Å². The zero-order valence-electron chi connectivity index (χ0n) is 19.4. The third-order valence-electron chi connectivity index (χ3n) is 5.72. The van der Waals surface area contributed by atoms with Gasteiger partial charge in [-0.2, -0.15) is 0 Å². The van der Waals surface area contributed by atoms with Crippen LogP contribution in [0.5, 0.6) is 0 Å². The van der Waals surface area contributed by atoms with E-state index in [-0.39, 0.29) is 47.4 Å². The molecule has 1 atom stereocenters. The van der Waals surface area contributed by atoms with Gasteiger partial charge in [-0.1, -0.05) is 24.9 Å². The normalized spacial score (nSPS) is 15.7. The standard InChI is InChI=1S/C24H28ClFN4O4/c1-4-5-10-34-24(33)29-8-9-30(15(2)31)21(14-29)19-13-17(25)12-18(22(19)26)16-6-7-28-20(11-16)23(32)27-3/h6-7,11-13,21H,4-5,8-10,14H2,1-3H3,(H,27,32). The van der Waals surface area contributed by atoms with Crippen molar-refractivity contribution >= 4 is 29.5 Å². The van der Waals surface area contributed by atoms with E-state index in [1.54, 1.807) is 6.07 Å². The van der Waals surface area contributed by atoms with Crippen molar-refractivity contribution in [1.82, 2.24) is 20.1 Å². The van der Waals surface area contributed by atoms with Crippen LogP contribution in [-0.2, 0) is 9.53 Å². The first kappa shape index (κ1) is 25.4. The SMILES string of the molecule is CCCCOC(=O)N1CCN(C(C)=O)C(c2cc(Cl)cc(-c3ccnc(C(=O)NC)c3)c2F)C1. The molecular weight excluding hydrogens is 463 g/mol. The average Bonchev–Trinajstić information content (AvgIpc) is 2.84. The molecule has 10 heteroatoms. The summed E-state index contributed by atoms with van der Waals surface area (Å²) in [4.78, 5) is 43.9. The van der Waals surface area contributed by atoms with Gasteiger partial charge in [0.2, 0.25) is 5.91 Å². The lowest BCUT2D eigenvalue weighted by atomic mass is 9.96. The van der Waals surface area contributed by atoms with E-state index in [0.717, 1.165) is 12.8 Å². The summed E-state index contributed by atoms with van der Waals surface area (Å²) in [7, 11) is 1.48. The molecule has 182 valence electrons. The molecule has 0 radical (unpaired) electrons. The van der Waals surface area contributed by atoms with Gasteiger partial charge in [0.05, 0.1) is 12.6 Å². The number of hydrogen-bond donors (Lipinski definition) is 1. The summed E-state index contributed by atoms with van der Waals surface area (Å²) < 4.78 is 21.2. The molecule has 1 aromatic carbocycles. The van der Waals surface area contributed by atoms with E-state index in [4.69, 9.17) is 16.3 Å². The Labute approximate surface area is 203 Å². The summed E-state index contributed by atoms with van der Waals surface area (Å²) in [5.41, 5.74) is 0.893. The minimum absolute atomic E-state index is 0.0705. The topological polar surface area (TPSA) is 91.8 Å². The van der Waals surface area contributed by atoms with Crippen LogP contribution >= 0.6 is 11.6 Å². The Hall–Kier alpha value is -3.20. The number of ether oxygens (including phenoxy) is 1.